The number of nitrogens with one attached hydrogen (secondary N) is 1. The third-order valence-electron chi connectivity index (χ3n) is 4.38. The second-order valence-electron chi connectivity index (χ2n) is 6.37. The van der Waals surface area contributed by atoms with Crippen molar-refractivity contribution in [1.29, 1.82) is 0 Å². The lowest BCUT2D eigenvalue weighted by atomic mass is 10.2. The Morgan fingerprint density at radius 1 is 1.10 bits per heavy atom. The van der Waals surface area contributed by atoms with Gasteiger partial charge in [0.15, 0.2) is 16.7 Å². The molecule has 3 aromatic rings. The van der Waals surface area contributed by atoms with Crippen molar-refractivity contribution in [3.8, 4) is 17.2 Å². The van der Waals surface area contributed by atoms with Crippen LogP contribution in [-0.2, 0) is 11.3 Å². The van der Waals surface area contributed by atoms with Gasteiger partial charge in [-0.05, 0) is 43.7 Å². The fraction of sp³-hybridized carbons (Fsp3) is 0.286. The SMILES string of the molecule is COc1ccc(CNC(=O)[C@@H](C)Sc2nnc(C)n2-c2ccccc2)cc1OC. The van der Waals surface area contributed by atoms with Crippen molar-refractivity contribution in [2.24, 2.45) is 0 Å². The summed E-state index contributed by atoms with van der Waals surface area (Å²) in [4.78, 5) is 12.6. The quantitative estimate of drug-likeness (QED) is 0.572. The van der Waals surface area contributed by atoms with Crippen molar-refractivity contribution in [2.45, 2.75) is 30.8 Å². The molecule has 0 spiro atoms. The van der Waals surface area contributed by atoms with Gasteiger partial charge >= 0.3 is 0 Å². The first-order chi connectivity index (χ1) is 14.0. The Kier molecular flexibility index (Phi) is 6.77. The summed E-state index contributed by atoms with van der Waals surface area (Å²) in [5.41, 5.74) is 1.90. The Balaban J connectivity index is 1.65. The molecule has 0 bridgehead atoms. The second kappa shape index (κ2) is 9.47. The van der Waals surface area contributed by atoms with Gasteiger partial charge in [0.2, 0.25) is 5.91 Å². The molecule has 0 fully saturated rings. The number of aryl methyl sites for hydroxylation is 1. The summed E-state index contributed by atoms with van der Waals surface area (Å²) in [6.45, 7) is 4.15. The number of carbonyl (C=O) groups excluding carboxylic acids is 1. The molecule has 0 saturated heterocycles. The van der Waals surface area contributed by atoms with Crippen LogP contribution in [0.3, 0.4) is 0 Å². The topological polar surface area (TPSA) is 78.3 Å². The van der Waals surface area contributed by atoms with Gasteiger partial charge in [-0.25, -0.2) is 0 Å². The molecule has 1 amide bonds. The van der Waals surface area contributed by atoms with Crippen molar-refractivity contribution in [3.05, 3.63) is 59.9 Å². The van der Waals surface area contributed by atoms with Crippen molar-refractivity contribution in [1.82, 2.24) is 20.1 Å². The fourth-order valence-corrected chi connectivity index (χ4v) is 3.77. The molecule has 8 heteroatoms. The summed E-state index contributed by atoms with van der Waals surface area (Å²) in [5.74, 6) is 1.98. The highest BCUT2D eigenvalue weighted by Crippen LogP contribution is 2.28. The molecule has 1 atom stereocenters. The fourth-order valence-electron chi connectivity index (χ4n) is 2.83. The number of rotatable bonds is 8. The van der Waals surface area contributed by atoms with E-state index in [9.17, 15) is 4.79 Å². The van der Waals surface area contributed by atoms with Crippen LogP contribution in [0.4, 0.5) is 0 Å². The van der Waals surface area contributed by atoms with E-state index in [0.29, 0.717) is 23.2 Å². The van der Waals surface area contributed by atoms with Crippen LogP contribution < -0.4 is 14.8 Å². The number of thioether (sulfide) groups is 1. The number of ether oxygens (including phenoxy) is 2. The normalized spacial score (nSPS) is 11.7. The molecular weight excluding hydrogens is 388 g/mol. The van der Waals surface area contributed by atoms with Crippen LogP contribution >= 0.6 is 11.8 Å². The Bertz CT molecular complexity index is 975. The van der Waals surface area contributed by atoms with Crippen LogP contribution in [0.15, 0.2) is 53.7 Å². The minimum atomic E-state index is -0.332. The summed E-state index contributed by atoms with van der Waals surface area (Å²) >= 11 is 1.38. The minimum Gasteiger partial charge on any atom is -0.493 e. The first kappa shape index (κ1) is 20.7. The van der Waals surface area contributed by atoms with E-state index in [-0.39, 0.29) is 11.2 Å². The number of benzene rings is 2. The lowest BCUT2D eigenvalue weighted by Crippen LogP contribution is -2.30. The number of nitrogens with zero attached hydrogens (tertiary/aromatic N) is 3. The molecule has 1 N–H and O–H groups in total. The smallest absolute Gasteiger partial charge is 0.233 e. The monoisotopic (exact) mass is 412 g/mol. The van der Waals surface area contributed by atoms with Gasteiger partial charge in [0, 0.05) is 12.2 Å². The van der Waals surface area contributed by atoms with Gasteiger partial charge in [0.1, 0.15) is 5.82 Å². The minimum absolute atomic E-state index is 0.0787. The molecule has 1 aromatic heterocycles. The Morgan fingerprint density at radius 3 is 2.52 bits per heavy atom. The predicted octanol–water partition coefficient (Wildman–Crippen LogP) is 3.39. The highest BCUT2D eigenvalue weighted by molar-refractivity contribution is 8.00. The maximum Gasteiger partial charge on any atom is 0.233 e. The zero-order valence-corrected chi connectivity index (χ0v) is 17.7. The van der Waals surface area contributed by atoms with Crippen LogP contribution in [0.2, 0.25) is 0 Å². The number of carbonyl (C=O) groups is 1. The van der Waals surface area contributed by atoms with Gasteiger partial charge in [-0.2, -0.15) is 0 Å². The van der Waals surface area contributed by atoms with Crippen LogP contribution in [0.1, 0.15) is 18.3 Å². The highest BCUT2D eigenvalue weighted by Gasteiger charge is 2.20. The number of para-hydroxylation sites is 1. The molecule has 152 valence electrons. The van der Waals surface area contributed by atoms with E-state index in [1.165, 1.54) is 11.8 Å². The van der Waals surface area contributed by atoms with Crippen LogP contribution in [0.5, 0.6) is 11.5 Å². The highest BCUT2D eigenvalue weighted by atomic mass is 32.2. The molecule has 0 unspecified atom stereocenters. The zero-order chi connectivity index (χ0) is 20.8. The predicted molar refractivity (Wildman–Crippen MR) is 113 cm³/mol. The standard InChI is InChI=1S/C21H24N4O3S/c1-14(20(26)22-13-16-10-11-18(27-3)19(12-16)28-4)29-21-24-23-15(2)25(21)17-8-6-5-7-9-17/h5-12,14H,13H2,1-4H3,(H,22,26)/t14-/m1/s1. The summed E-state index contributed by atoms with van der Waals surface area (Å²) in [6.07, 6.45) is 0. The summed E-state index contributed by atoms with van der Waals surface area (Å²) in [7, 11) is 3.18. The summed E-state index contributed by atoms with van der Waals surface area (Å²) < 4.78 is 12.5. The molecular formula is C21H24N4O3S. The maximum atomic E-state index is 12.6. The van der Waals surface area contributed by atoms with Crippen LogP contribution in [0, 0.1) is 6.92 Å². The average Bonchev–Trinajstić information content (AvgIpc) is 3.12. The van der Waals surface area contributed by atoms with E-state index in [4.69, 9.17) is 9.47 Å². The molecule has 0 radical (unpaired) electrons. The van der Waals surface area contributed by atoms with E-state index in [0.717, 1.165) is 17.1 Å². The molecule has 0 aliphatic rings. The van der Waals surface area contributed by atoms with Crippen molar-refractivity contribution in [3.63, 3.8) is 0 Å². The molecule has 2 aromatic carbocycles. The van der Waals surface area contributed by atoms with Gasteiger partial charge in [0.05, 0.1) is 19.5 Å². The number of amides is 1. The summed E-state index contributed by atoms with van der Waals surface area (Å²) in [5, 5.41) is 11.7. The third kappa shape index (κ3) is 4.89. The molecule has 0 aliphatic carbocycles. The maximum absolute atomic E-state index is 12.6. The molecule has 29 heavy (non-hydrogen) atoms. The Hall–Kier alpha value is -3.00. The van der Waals surface area contributed by atoms with E-state index in [2.05, 4.69) is 15.5 Å². The van der Waals surface area contributed by atoms with Crippen molar-refractivity contribution >= 4 is 17.7 Å². The molecule has 1 heterocycles. The summed E-state index contributed by atoms with van der Waals surface area (Å²) in [6, 6.07) is 15.4. The number of aromatic nitrogens is 3. The number of methoxy groups -OCH3 is 2. The van der Waals surface area contributed by atoms with E-state index in [1.54, 1.807) is 14.2 Å². The zero-order valence-electron chi connectivity index (χ0n) is 16.9. The Morgan fingerprint density at radius 2 is 1.83 bits per heavy atom. The Labute approximate surface area is 174 Å². The lowest BCUT2D eigenvalue weighted by molar-refractivity contribution is -0.120. The molecule has 3 rings (SSSR count). The van der Waals surface area contributed by atoms with Crippen molar-refractivity contribution < 1.29 is 14.3 Å². The van der Waals surface area contributed by atoms with Gasteiger partial charge in [0.25, 0.3) is 0 Å². The lowest BCUT2D eigenvalue weighted by Gasteiger charge is -2.14. The van der Waals surface area contributed by atoms with Crippen LogP contribution in [0.25, 0.3) is 5.69 Å². The van der Waals surface area contributed by atoms with E-state index >= 15 is 0 Å². The van der Waals surface area contributed by atoms with Gasteiger partial charge < -0.3 is 14.8 Å². The van der Waals surface area contributed by atoms with Gasteiger partial charge in [-0.1, -0.05) is 36.0 Å². The number of hydrogen-bond acceptors (Lipinski definition) is 6. The first-order valence-corrected chi connectivity index (χ1v) is 10.0. The molecule has 0 aliphatic heterocycles. The van der Waals surface area contributed by atoms with Crippen molar-refractivity contribution in [2.75, 3.05) is 14.2 Å². The van der Waals surface area contributed by atoms with Gasteiger partial charge in [-0.15, -0.1) is 10.2 Å². The average molecular weight is 413 g/mol. The molecule has 7 nitrogen and oxygen atoms in total. The van der Waals surface area contributed by atoms with E-state index < -0.39 is 0 Å². The number of hydrogen-bond donors (Lipinski definition) is 1. The molecule has 0 saturated carbocycles. The first-order valence-electron chi connectivity index (χ1n) is 9.16. The van der Waals surface area contributed by atoms with Gasteiger partial charge in [-0.3, -0.25) is 9.36 Å². The largest absolute Gasteiger partial charge is 0.493 e. The third-order valence-corrected chi connectivity index (χ3v) is 5.42. The van der Waals surface area contributed by atoms with Crippen LogP contribution in [-0.4, -0.2) is 40.1 Å². The second-order valence-corrected chi connectivity index (χ2v) is 7.68. The van der Waals surface area contributed by atoms with E-state index in [1.807, 2.05) is 66.9 Å².